The lowest BCUT2D eigenvalue weighted by atomic mass is 9.86. The van der Waals surface area contributed by atoms with Crippen LogP contribution in [0.15, 0.2) is 0 Å². The van der Waals surface area contributed by atoms with E-state index in [-0.39, 0.29) is 29.4 Å². The number of hydrogen-bond donors (Lipinski definition) is 1. The summed E-state index contributed by atoms with van der Waals surface area (Å²) in [4.78, 5) is 13.7. The van der Waals surface area contributed by atoms with Crippen LogP contribution in [-0.2, 0) is 14.6 Å². The van der Waals surface area contributed by atoms with Crippen molar-refractivity contribution in [2.45, 2.75) is 33.2 Å². The third-order valence-corrected chi connectivity index (χ3v) is 4.78. The maximum absolute atomic E-state index is 12.1. The molecule has 0 spiro atoms. The molecular formula is C11H22N2O3S. The largest absolute Gasteiger partial charge is 0.340 e. The Morgan fingerprint density at radius 1 is 1.24 bits per heavy atom. The van der Waals surface area contributed by atoms with Crippen molar-refractivity contribution in [2.24, 2.45) is 11.1 Å². The molecule has 1 fully saturated rings. The van der Waals surface area contributed by atoms with Gasteiger partial charge in [-0.25, -0.2) is 8.42 Å². The molecule has 0 radical (unpaired) electrons. The quantitative estimate of drug-likeness (QED) is 0.721. The molecule has 1 rings (SSSR count). The molecule has 2 N–H and O–H groups in total. The molecule has 1 aliphatic heterocycles. The Hall–Kier alpha value is -0.620. The fraction of sp³-hybridized carbons (Fsp3) is 0.909. The topological polar surface area (TPSA) is 80.5 Å². The predicted octanol–water partition coefficient (Wildman–Crippen LogP) is 0.00690. The summed E-state index contributed by atoms with van der Waals surface area (Å²) in [5.41, 5.74) is 5.60. The fourth-order valence-electron chi connectivity index (χ4n) is 1.73. The minimum absolute atomic E-state index is 0.0512. The van der Waals surface area contributed by atoms with Crippen molar-refractivity contribution >= 4 is 15.7 Å². The molecule has 1 atom stereocenters. The van der Waals surface area contributed by atoms with Gasteiger partial charge in [-0.15, -0.1) is 0 Å². The van der Waals surface area contributed by atoms with Gasteiger partial charge in [0.25, 0.3) is 0 Å². The molecule has 0 bridgehead atoms. The van der Waals surface area contributed by atoms with Gasteiger partial charge in [-0.05, 0) is 11.8 Å². The van der Waals surface area contributed by atoms with E-state index in [4.69, 9.17) is 5.73 Å². The Morgan fingerprint density at radius 3 is 2.35 bits per heavy atom. The summed E-state index contributed by atoms with van der Waals surface area (Å²) >= 11 is 0. The van der Waals surface area contributed by atoms with Crippen molar-refractivity contribution < 1.29 is 13.2 Å². The Kier molecular flexibility index (Phi) is 4.19. The van der Waals surface area contributed by atoms with Crippen molar-refractivity contribution in [3.8, 4) is 0 Å². The maximum Gasteiger partial charge on any atom is 0.240 e. The van der Waals surface area contributed by atoms with Gasteiger partial charge in [-0.2, -0.15) is 0 Å². The smallest absolute Gasteiger partial charge is 0.240 e. The number of nitrogens with two attached hydrogens (primary N) is 1. The molecule has 1 amide bonds. The molecule has 1 saturated heterocycles. The normalized spacial score (nSPS) is 22.9. The van der Waals surface area contributed by atoms with Crippen LogP contribution in [0.25, 0.3) is 0 Å². The van der Waals surface area contributed by atoms with Crippen molar-refractivity contribution in [3.05, 3.63) is 0 Å². The Morgan fingerprint density at radius 2 is 1.82 bits per heavy atom. The summed E-state index contributed by atoms with van der Waals surface area (Å²) in [5, 5.41) is 0. The van der Waals surface area contributed by atoms with Crippen LogP contribution in [0.5, 0.6) is 0 Å². The standard InChI is InChI=1S/C11H22N2O3S/c1-11(2,3)9(12)10(14)13-5-4-7-17(15,16)8-6-13/h9H,4-8,12H2,1-3H3. The summed E-state index contributed by atoms with van der Waals surface area (Å²) in [6.45, 7) is 6.48. The number of carbonyl (C=O) groups is 1. The molecule has 1 unspecified atom stereocenters. The molecular weight excluding hydrogens is 240 g/mol. The first-order valence-corrected chi connectivity index (χ1v) is 7.70. The molecule has 100 valence electrons. The van der Waals surface area contributed by atoms with Crippen molar-refractivity contribution in [1.29, 1.82) is 0 Å². The summed E-state index contributed by atoms with van der Waals surface area (Å²) in [6.07, 6.45) is 0.505. The van der Waals surface area contributed by atoms with E-state index in [9.17, 15) is 13.2 Å². The van der Waals surface area contributed by atoms with Gasteiger partial charge in [-0.1, -0.05) is 20.8 Å². The third-order valence-electron chi connectivity index (χ3n) is 3.07. The number of rotatable bonds is 1. The lowest BCUT2D eigenvalue weighted by Gasteiger charge is -2.31. The highest BCUT2D eigenvalue weighted by Gasteiger charge is 2.32. The summed E-state index contributed by atoms with van der Waals surface area (Å²) < 4.78 is 22.9. The number of sulfone groups is 1. The van der Waals surface area contributed by atoms with Crippen LogP contribution >= 0.6 is 0 Å². The Labute approximate surface area is 103 Å². The zero-order valence-corrected chi connectivity index (χ0v) is 11.6. The van der Waals surface area contributed by atoms with Crippen LogP contribution in [0.1, 0.15) is 27.2 Å². The minimum atomic E-state index is -2.98. The van der Waals surface area contributed by atoms with Gasteiger partial charge in [-0.3, -0.25) is 4.79 Å². The van der Waals surface area contributed by atoms with Gasteiger partial charge in [0.1, 0.15) is 0 Å². The van der Waals surface area contributed by atoms with E-state index in [0.717, 1.165) is 0 Å². The second-order valence-electron chi connectivity index (χ2n) is 5.67. The number of hydrogen-bond acceptors (Lipinski definition) is 4. The first kappa shape index (κ1) is 14.4. The van der Waals surface area contributed by atoms with E-state index in [1.165, 1.54) is 0 Å². The monoisotopic (exact) mass is 262 g/mol. The number of nitrogens with zero attached hydrogens (tertiary/aromatic N) is 1. The average molecular weight is 262 g/mol. The van der Waals surface area contributed by atoms with Crippen LogP contribution < -0.4 is 5.73 Å². The fourth-order valence-corrected chi connectivity index (χ4v) is 3.00. The van der Waals surface area contributed by atoms with Gasteiger partial charge in [0.15, 0.2) is 9.84 Å². The van der Waals surface area contributed by atoms with Gasteiger partial charge < -0.3 is 10.6 Å². The highest BCUT2D eigenvalue weighted by atomic mass is 32.2. The number of amides is 1. The molecule has 0 aromatic heterocycles. The molecule has 0 aromatic rings. The molecule has 17 heavy (non-hydrogen) atoms. The molecule has 0 saturated carbocycles. The molecule has 1 aliphatic rings. The summed E-state index contributed by atoms with van der Waals surface area (Å²) in [6, 6.07) is -0.580. The molecule has 5 nitrogen and oxygen atoms in total. The van der Waals surface area contributed by atoms with Gasteiger partial charge in [0.05, 0.1) is 17.5 Å². The Bertz CT molecular complexity index is 384. The van der Waals surface area contributed by atoms with E-state index < -0.39 is 15.9 Å². The second-order valence-corrected chi connectivity index (χ2v) is 7.98. The summed E-state index contributed by atoms with van der Waals surface area (Å²) in [7, 11) is -2.98. The SMILES string of the molecule is CC(C)(C)C(N)C(=O)N1CCCS(=O)(=O)CC1. The molecule has 6 heteroatoms. The van der Waals surface area contributed by atoms with Crippen LogP contribution in [0.3, 0.4) is 0 Å². The van der Waals surface area contributed by atoms with Crippen LogP contribution in [0.2, 0.25) is 0 Å². The van der Waals surface area contributed by atoms with Crippen LogP contribution in [0, 0.1) is 5.41 Å². The van der Waals surface area contributed by atoms with Crippen molar-refractivity contribution in [2.75, 3.05) is 24.6 Å². The van der Waals surface area contributed by atoms with Gasteiger partial charge >= 0.3 is 0 Å². The zero-order valence-electron chi connectivity index (χ0n) is 10.8. The third kappa shape index (κ3) is 3.96. The maximum atomic E-state index is 12.1. The van der Waals surface area contributed by atoms with E-state index in [0.29, 0.717) is 13.0 Å². The van der Waals surface area contributed by atoms with E-state index in [1.54, 1.807) is 4.90 Å². The predicted molar refractivity (Wildman–Crippen MR) is 67.3 cm³/mol. The van der Waals surface area contributed by atoms with Crippen molar-refractivity contribution in [3.63, 3.8) is 0 Å². The molecule has 1 heterocycles. The van der Waals surface area contributed by atoms with Gasteiger partial charge in [0.2, 0.25) is 5.91 Å². The number of carbonyl (C=O) groups excluding carboxylic acids is 1. The van der Waals surface area contributed by atoms with Crippen LogP contribution in [-0.4, -0.2) is 49.9 Å². The molecule has 0 aliphatic carbocycles. The van der Waals surface area contributed by atoms with E-state index in [2.05, 4.69) is 0 Å². The lowest BCUT2D eigenvalue weighted by Crippen LogP contribution is -2.51. The summed E-state index contributed by atoms with van der Waals surface area (Å²) in [5.74, 6) is 0.0755. The van der Waals surface area contributed by atoms with Crippen LogP contribution in [0.4, 0.5) is 0 Å². The van der Waals surface area contributed by atoms with E-state index in [1.807, 2.05) is 20.8 Å². The average Bonchev–Trinajstić information content (AvgIpc) is 2.36. The highest BCUT2D eigenvalue weighted by molar-refractivity contribution is 7.91. The first-order chi connectivity index (χ1) is 7.63. The van der Waals surface area contributed by atoms with Crippen molar-refractivity contribution in [1.82, 2.24) is 4.90 Å². The van der Waals surface area contributed by atoms with Gasteiger partial charge in [0, 0.05) is 13.1 Å². The Balaban J connectivity index is 2.71. The van der Waals surface area contributed by atoms with E-state index >= 15 is 0 Å². The highest BCUT2D eigenvalue weighted by Crippen LogP contribution is 2.19. The second kappa shape index (κ2) is 4.94. The lowest BCUT2D eigenvalue weighted by molar-refractivity contribution is -0.134. The minimum Gasteiger partial charge on any atom is -0.340 e. The zero-order chi connectivity index (χ0) is 13.3. The first-order valence-electron chi connectivity index (χ1n) is 5.88. The molecule has 0 aromatic carbocycles.